The van der Waals surface area contributed by atoms with Crippen molar-refractivity contribution in [3.63, 3.8) is 0 Å². The number of rotatable bonds is 0. The molecule has 0 saturated carbocycles. The van der Waals surface area contributed by atoms with Crippen LogP contribution in [0.4, 0.5) is 5.69 Å². The molecule has 0 aliphatic carbocycles. The zero-order chi connectivity index (χ0) is 10.8. The van der Waals surface area contributed by atoms with E-state index in [0.29, 0.717) is 5.69 Å². The Hall–Kier alpha value is -2.38. The van der Waals surface area contributed by atoms with Crippen molar-refractivity contribution in [3.8, 4) is 24.7 Å². The molecule has 0 radical (unpaired) electrons. The van der Waals surface area contributed by atoms with Gasteiger partial charge in [-0.15, -0.1) is 12.8 Å². The lowest BCUT2D eigenvalue weighted by molar-refractivity contribution is 1.66. The molecule has 0 atom stereocenters. The molecule has 2 rings (SSSR count). The summed E-state index contributed by atoms with van der Waals surface area (Å²) >= 11 is 0. The summed E-state index contributed by atoms with van der Waals surface area (Å²) in [6.45, 7) is 0. The number of nitrogen functional groups attached to an aromatic ring is 1. The van der Waals surface area contributed by atoms with Crippen molar-refractivity contribution in [2.45, 2.75) is 0 Å². The summed E-state index contributed by atoms with van der Waals surface area (Å²) in [4.78, 5) is 0. The first-order chi connectivity index (χ1) is 7.27. The van der Waals surface area contributed by atoms with Crippen molar-refractivity contribution in [1.29, 1.82) is 0 Å². The Bertz CT molecular complexity index is 609. The Morgan fingerprint density at radius 3 is 2.33 bits per heavy atom. The maximum Gasteiger partial charge on any atom is 0.0407 e. The molecule has 2 aromatic carbocycles. The fourth-order valence-electron chi connectivity index (χ4n) is 1.68. The van der Waals surface area contributed by atoms with Gasteiger partial charge < -0.3 is 5.73 Å². The van der Waals surface area contributed by atoms with Crippen molar-refractivity contribution < 1.29 is 0 Å². The molecule has 0 fully saturated rings. The third-order valence-corrected chi connectivity index (χ3v) is 2.38. The monoisotopic (exact) mass is 191 g/mol. The van der Waals surface area contributed by atoms with Gasteiger partial charge in [-0.1, -0.05) is 24.0 Å². The first-order valence-corrected chi connectivity index (χ1v) is 4.52. The molecular formula is C14H9N. The largest absolute Gasteiger partial charge is 0.398 e. The second kappa shape index (κ2) is 3.40. The van der Waals surface area contributed by atoms with Crippen LogP contribution in [-0.4, -0.2) is 0 Å². The number of nitrogens with two attached hydrogens (primary N) is 1. The van der Waals surface area contributed by atoms with Crippen LogP contribution in [0.2, 0.25) is 0 Å². The van der Waals surface area contributed by atoms with Crippen LogP contribution in [0.1, 0.15) is 11.1 Å². The molecule has 0 aliphatic rings. The number of hydrogen-bond acceptors (Lipinski definition) is 1. The van der Waals surface area contributed by atoms with Crippen molar-refractivity contribution in [2.24, 2.45) is 0 Å². The van der Waals surface area contributed by atoms with Gasteiger partial charge in [0.2, 0.25) is 0 Å². The van der Waals surface area contributed by atoms with Gasteiger partial charge in [-0.05, 0) is 18.2 Å². The van der Waals surface area contributed by atoms with E-state index in [4.69, 9.17) is 18.6 Å². The lowest BCUT2D eigenvalue weighted by atomic mass is 9.99. The van der Waals surface area contributed by atoms with Gasteiger partial charge in [-0.25, -0.2) is 0 Å². The number of fused-ring (bicyclic) bond motifs is 1. The molecule has 0 amide bonds. The van der Waals surface area contributed by atoms with Crippen LogP contribution >= 0.6 is 0 Å². The van der Waals surface area contributed by atoms with Crippen molar-refractivity contribution in [3.05, 3.63) is 41.5 Å². The van der Waals surface area contributed by atoms with Crippen LogP contribution in [0.3, 0.4) is 0 Å². The molecule has 0 bridgehead atoms. The Labute approximate surface area is 88.9 Å². The van der Waals surface area contributed by atoms with Crippen molar-refractivity contribution in [2.75, 3.05) is 5.73 Å². The number of anilines is 1. The zero-order valence-corrected chi connectivity index (χ0v) is 8.12. The average Bonchev–Trinajstić information content (AvgIpc) is 2.29. The van der Waals surface area contributed by atoms with E-state index in [2.05, 4.69) is 11.8 Å². The maximum absolute atomic E-state index is 5.89. The van der Waals surface area contributed by atoms with Crippen LogP contribution in [0.5, 0.6) is 0 Å². The SMILES string of the molecule is C#Cc1ccc(N)c2c(C#C)cccc12. The van der Waals surface area contributed by atoms with E-state index in [1.54, 1.807) is 6.07 Å². The fourth-order valence-corrected chi connectivity index (χ4v) is 1.68. The second-order valence-electron chi connectivity index (χ2n) is 3.22. The Kier molecular flexibility index (Phi) is 2.08. The van der Waals surface area contributed by atoms with E-state index in [9.17, 15) is 0 Å². The van der Waals surface area contributed by atoms with Crippen LogP contribution < -0.4 is 5.73 Å². The minimum absolute atomic E-state index is 0.664. The van der Waals surface area contributed by atoms with Crippen LogP contribution in [-0.2, 0) is 0 Å². The van der Waals surface area contributed by atoms with Crippen LogP contribution in [0.25, 0.3) is 10.8 Å². The molecule has 1 heteroatoms. The maximum atomic E-state index is 5.89. The average molecular weight is 191 g/mol. The smallest absolute Gasteiger partial charge is 0.0407 e. The van der Waals surface area contributed by atoms with E-state index in [-0.39, 0.29) is 0 Å². The fraction of sp³-hybridized carbons (Fsp3) is 0. The Balaban J connectivity index is 3.02. The summed E-state index contributed by atoms with van der Waals surface area (Å²) in [5.74, 6) is 5.24. The van der Waals surface area contributed by atoms with Gasteiger partial charge in [-0.2, -0.15) is 0 Å². The standard InChI is InChI=1S/C14H9N/c1-3-10-8-9-13(15)14-11(4-2)6-5-7-12(10)14/h1-2,5-9H,15H2. The van der Waals surface area contributed by atoms with E-state index in [0.717, 1.165) is 21.9 Å². The van der Waals surface area contributed by atoms with Crippen LogP contribution in [0.15, 0.2) is 30.3 Å². The quantitative estimate of drug-likeness (QED) is 0.502. The second-order valence-corrected chi connectivity index (χ2v) is 3.22. The molecule has 0 aromatic heterocycles. The van der Waals surface area contributed by atoms with Gasteiger partial charge in [0.1, 0.15) is 0 Å². The highest BCUT2D eigenvalue weighted by Gasteiger charge is 2.05. The molecule has 70 valence electrons. The molecule has 0 unspecified atom stereocenters. The Morgan fingerprint density at radius 1 is 0.933 bits per heavy atom. The molecule has 0 heterocycles. The van der Waals surface area contributed by atoms with E-state index >= 15 is 0 Å². The first-order valence-electron chi connectivity index (χ1n) is 4.52. The number of hydrogen-bond donors (Lipinski definition) is 1. The van der Waals surface area contributed by atoms with Gasteiger partial charge in [0.25, 0.3) is 0 Å². The highest BCUT2D eigenvalue weighted by atomic mass is 14.6. The van der Waals surface area contributed by atoms with Crippen LogP contribution in [0, 0.1) is 24.7 Å². The third kappa shape index (κ3) is 1.31. The molecule has 2 aromatic rings. The minimum Gasteiger partial charge on any atom is -0.398 e. The summed E-state index contributed by atoms with van der Waals surface area (Å²) in [5.41, 5.74) is 8.15. The highest BCUT2D eigenvalue weighted by molar-refractivity contribution is 6.00. The number of terminal acetylenes is 2. The van der Waals surface area contributed by atoms with Gasteiger partial charge in [0.05, 0.1) is 0 Å². The predicted octanol–water partition coefficient (Wildman–Crippen LogP) is 2.38. The zero-order valence-electron chi connectivity index (χ0n) is 8.12. The van der Waals surface area contributed by atoms with Gasteiger partial charge >= 0.3 is 0 Å². The van der Waals surface area contributed by atoms with Crippen molar-refractivity contribution >= 4 is 16.5 Å². The summed E-state index contributed by atoms with van der Waals surface area (Å²) in [6.07, 6.45) is 10.8. The molecule has 0 spiro atoms. The molecule has 0 aliphatic heterocycles. The van der Waals surface area contributed by atoms with E-state index in [1.165, 1.54) is 0 Å². The summed E-state index contributed by atoms with van der Waals surface area (Å²) in [7, 11) is 0. The summed E-state index contributed by atoms with van der Waals surface area (Å²) in [5, 5.41) is 1.81. The molecule has 15 heavy (non-hydrogen) atoms. The first kappa shape index (κ1) is 9.19. The summed E-state index contributed by atoms with van der Waals surface area (Å²) < 4.78 is 0. The minimum atomic E-state index is 0.664. The topological polar surface area (TPSA) is 26.0 Å². The molecule has 0 saturated heterocycles. The molecule has 2 N–H and O–H groups in total. The van der Waals surface area contributed by atoms with E-state index < -0.39 is 0 Å². The molecular weight excluding hydrogens is 182 g/mol. The lowest BCUT2D eigenvalue weighted by Crippen LogP contribution is -1.91. The third-order valence-electron chi connectivity index (χ3n) is 2.38. The van der Waals surface area contributed by atoms with Crippen molar-refractivity contribution in [1.82, 2.24) is 0 Å². The van der Waals surface area contributed by atoms with Gasteiger partial charge in [0, 0.05) is 27.6 Å². The normalized spacial score (nSPS) is 9.47. The summed E-state index contributed by atoms with van der Waals surface area (Å²) in [6, 6.07) is 9.30. The van der Waals surface area contributed by atoms with Gasteiger partial charge in [-0.3, -0.25) is 0 Å². The lowest BCUT2D eigenvalue weighted by Gasteiger charge is -2.06. The number of benzene rings is 2. The predicted molar refractivity (Wildman–Crippen MR) is 64.2 cm³/mol. The van der Waals surface area contributed by atoms with E-state index in [1.807, 2.05) is 24.3 Å². The van der Waals surface area contributed by atoms with Gasteiger partial charge in [0.15, 0.2) is 0 Å². The highest BCUT2D eigenvalue weighted by Crippen LogP contribution is 2.27. The molecule has 1 nitrogen and oxygen atoms in total. The Morgan fingerprint density at radius 2 is 1.67 bits per heavy atom.